The zero-order chi connectivity index (χ0) is 15.7. The van der Waals surface area contributed by atoms with Gasteiger partial charge in [-0.05, 0) is 43.7 Å². The molecule has 1 N–H and O–H groups in total. The fourth-order valence-electron chi connectivity index (χ4n) is 2.26. The van der Waals surface area contributed by atoms with E-state index < -0.39 is 0 Å². The number of hydrogen-bond donors (Lipinski definition) is 1. The summed E-state index contributed by atoms with van der Waals surface area (Å²) in [4.78, 5) is 27.2. The number of nitrogens with zero attached hydrogens (tertiary/aromatic N) is 4. The molecule has 0 bridgehead atoms. The topological polar surface area (TPSA) is 93.5 Å². The zero-order valence-electron chi connectivity index (χ0n) is 12.6. The van der Waals surface area contributed by atoms with E-state index in [9.17, 15) is 9.59 Å². The Morgan fingerprint density at radius 2 is 2.00 bits per heavy atom. The van der Waals surface area contributed by atoms with Crippen LogP contribution in [0.5, 0.6) is 0 Å². The number of aryl methyl sites for hydroxylation is 2. The second kappa shape index (κ2) is 5.80. The minimum Gasteiger partial charge on any atom is -0.355 e. The third-order valence-corrected chi connectivity index (χ3v) is 4.39. The van der Waals surface area contributed by atoms with Crippen LogP contribution in [0.25, 0.3) is 0 Å². The molecule has 0 aliphatic rings. The normalized spacial score (nSPS) is 12.4. The number of aromatic nitrogens is 5. The van der Waals surface area contributed by atoms with Crippen molar-refractivity contribution in [1.82, 2.24) is 25.2 Å². The van der Waals surface area contributed by atoms with Crippen LogP contribution in [0.3, 0.4) is 0 Å². The molecule has 2 aromatic heterocycles. The van der Waals surface area contributed by atoms with Crippen molar-refractivity contribution in [2.45, 2.75) is 38.1 Å². The number of carbonyl (C=O) groups excluding carboxylic acids is 2. The van der Waals surface area contributed by atoms with Crippen molar-refractivity contribution in [3.63, 3.8) is 0 Å². The Hall–Kier alpha value is -1.96. The van der Waals surface area contributed by atoms with Gasteiger partial charge in [-0.15, -0.1) is 5.10 Å². The Morgan fingerprint density at radius 3 is 2.48 bits per heavy atom. The van der Waals surface area contributed by atoms with Crippen molar-refractivity contribution in [2.24, 2.45) is 7.05 Å². The van der Waals surface area contributed by atoms with E-state index in [1.165, 1.54) is 23.4 Å². The summed E-state index contributed by atoms with van der Waals surface area (Å²) in [6.45, 7) is 6.88. The van der Waals surface area contributed by atoms with E-state index in [0.29, 0.717) is 22.0 Å². The lowest BCUT2D eigenvalue weighted by Gasteiger charge is -2.08. The maximum atomic E-state index is 12.5. The molecule has 2 heterocycles. The third kappa shape index (κ3) is 2.90. The van der Waals surface area contributed by atoms with Crippen molar-refractivity contribution in [1.29, 1.82) is 0 Å². The number of ketones is 2. The number of hydrogen-bond acceptors (Lipinski definition) is 6. The number of Topliss-reactive ketones (excluding diaryl/α,β-unsaturated/α-hetero) is 2. The van der Waals surface area contributed by atoms with E-state index in [4.69, 9.17) is 0 Å². The molecule has 1 atom stereocenters. The van der Waals surface area contributed by atoms with Crippen LogP contribution in [-0.4, -0.2) is 42.0 Å². The molecule has 0 amide bonds. The Bertz CT molecular complexity index is 703. The van der Waals surface area contributed by atoms with Crippen molar-refractivity contribution < 1.29 is 9.59 Å². The summed E-state index contributed by atoms with van der Waals surface area (Å²) < 4.78 is 1.52. The monoisotopic (exact) mass is 307 g/mol. The number of H-pyrrole nitrogens is 1. The standard InChI is InChI=1S/C13H17N5O2S/c1-6-10(8(3)19)7(2)14-11(6)12(20)9(4)21-13-15-16-17-18(13)5/h9,14H,1-5H3/t9-/m0/s1. The minimum absolute atomic E-state index is 0.0434. The molecule has 0 aliphatic carbocycles. The van der Waals surface area contributed by atoms with E-state index in [0.717, 1.165) is 5.69 Å². The van der Waals surface area contributed by atoms with Crippen LogP contribution in [0.15, 0.2) is 5.16 Å². The molecule has 0 saturated carbocycles. The highest BCUT2D eigenvalue weighted by Crippen LogP contribution is 2.26. The summed E-state index contributed by atoms with van der Waals surface area (Å²) in [5.41, 5.74) is 2.50. The van der Waals surface area contributed by atoms with Gasteiger partial charge in [-0.2, -0.15) is 0 Å². The molecule has 0 spiro atoms. The Labute approximate surface area is 126 Å². The van der Waals surface area contributed by atoms with Gasteiger partial charge < -0.3 is 4.98 Å². The van der Waals surface area contributed by atoms with Crippen LogP contribution in [-0.2, 0) is 7.05 Å². The maximum absolute atomic E-state index is 12.5. The van der Waals surface area contributed by atoms with Gasteiger partial charge in [-0.1, -0.05) is 11.8 Å². The van der Waals surface area contributed by atoms with E-state index in [2.05, 4.69) is 20.5 Å². The fourth-order valence-corrected chi connectivity index (χ4v) is 3.07. The van der Waals surface area contributed by atoms with Gasteiger partial charge >= 0.3 is 0 Å². The first kappa shape index (κ1) is 15.4. The SMILES string of the molecule is CC(=O)c1c(C)[nH]c(C(=O)[C@H](C)Sc2nnnn2C)c1C. The molecule has 0 aliphatic heterocycles. The van der Waals surface area contributed by atoms with E-state index >= 15 is 0 Å². The highest BCUT2D eigenvalue weighted by molar-refractivity contribution is 8.00. The summed E-state index contributed by atoms with van der Waals surface area (Å²) in [5, 5.41) is 11.3. The highest BCUT2D eigenvalue weighted by atomic mass is 32.2. The fraction of sp³-hybridized carbons (Fsp3) is 0.462. The predicted octanol–water partition coefficient (Wildman–Crippen LogP) is 1.72. The number of carbonyl (C=O) groups is 2. The first-order valence-electron chi connectivity index (χ1n) is 6.46. The van der Waals surface area contributed by atoms with Gasteiger partial charge in [-0.3, -0.25) is 9.59 Å². The molecular formula is C13H17N5O2S. The van der Waals surface area contributed by atoms with Gasteiger partial charge in [-0.25, -0.2) is 4.68 Å². The van der Waals surface area contributed by atoms with Gasteiger partial charge in [0.15, 0.2) is 11.6 Å². The van der Waals surface area contributed by atoms with E-state index in [1.54, 1.807) is 27.8 Å². The molecule has 8 heteroatoms. The predicted molar refractivity (Wildman–Crippen MR) is 78.7 cm³/mol. The summed E-state index contributed by atoms with van der Waals surface area (Å²) in [7, 11) is 1.72. The van der Waals surface area contributed by atoms with Crippen LogP contribution in [0.4, 0.5) is 0 Å². The van der Waals surface area contributed by atoms with E-state index in [-0.39, 0.29) is 16.8 Å². The number of nitrogens with one attached hydrogen (secondary N) is 1. The second-order valence-electron chi connectivity index (χ2n) is 4.89. The van der Waals surface area contributed by atoms with Crippen molar-refractivity contribution in [3.05, 3.63) is 22.5 Å². The Kier molecular flexibility index (Phi) is 4.26. The quantitative estimate of drug-likeness (QED) is 0.668. The molecule has 2 rings (SSSR count). The average Bonchev–Trinajstić information content (AvgIpc) is 2.92. The van der Waals surface area contributed by atoms with Gasteiger partial charge in [0.1, 0.15) is 0 Å². The van der Waals surface area contributed by atoms with Crippen LogP contribution in [0.1, 0.15) is 46.0 Å². The van der Waals surface area contributed by atoms with Crippen LogP contribution < -0.4 is 0 Å². The zero-order valence-corrected chi connectivity index (χ0v) is 13.4. The summed E-state index contributed by atoms with van der Waals surface area (Å²) in [6.07, 6.45) is 0. The maximum Gasteiger partial charge on any atom is 0.209 e. The lowest BCUT2D eigenvalue weighted by atomic mass is 10.0. The molecule has 0 radical (unpaired) electrons. The molecule has 0 unspecified atom stereocenters. The van der Waals surface area contributed by atoms with Crippen LogP contribution in [0, 0.1) is 13.8 Å². The van der Waals surface area contributed by atoms with Crippen LogP contribution >= 0.6 is 11.8 Å². The Balaban J connectivity index is 2.26. The summed E-state index contributed by atoms with van der Waals surface area (Å²) in [6, 6.07) is 0. The molecule has 112 valence electrons. The molecular weight excluding hydrogens is 290 g/mol. The molecule has 0 aromatic carbocycles. The molecule has 2 aromatic rings. The number of rotatable bonds is 5. The van der Waals surface area contributed by atoms with Crippen molar-refractivity contribution in [2.75, 3.05) is 0 Å². The highest BCUT2D eigenvalue weighted by Gasteiger charge is 2.25. The smallest absolute Gasteiger partial charge is 0.209 e. The lowest BCUT2D eigenvalue weighted by Crippen LogP contribution is -2.16. The van der Waals surface area contributed by atoms with Gasteiger partial charge in [0.25, 0.3) is 0 Å². The third-order valence-electron chi connectivity index (χ3n) is 3.27. The molecule has 0 saturated heterocycles. The van der Waals surface area contributed by atoms with Crippen LogP contribution in [0.2, 0.25) is 0 Å². The van der Waals surface area contributed by atoms with Crippen molar-refractivity contribution in [3.8, 4) is 0 Å². The Morgan fingerprint density at radius 1 is 1.33 bits per heavy atom. The first-order chi connectivity index (χ1) is 9.82. The van der Waals surface area contributed by atoms with Gasteiger partial charge in [0.2, 0.25) is 5.16 Å². The summed E-state index contributed by atoms with van der Waals surface area (Å²) >= 11 is 1.28. The molecule has 0 fully saturated rings. The number of thioether (sulfide) groups is 1. The van der Waals surface area contributed by atoms with E-state index in [1.807, 2.05) is 0 Å². The first-order valence-corrected chi connectivity index (χ1v) is 7.34. The summed E-state index contributed by atoms with van der Waals surface area (Å²) in [5.74, 6) is -0.116. The second-order valence-corrected chi connectivity index (χ2v) is 6.20. The number of aromatic amines is 1. The molecule has 21 heavy (non-hydrogen) atoms. The van der Waals surface area contributed by atoms with Gasteiger partial charge in [0.05, 0.1) is 10.9 Å². The minimum atomic E-state index is -0.355. The average molecular weight is 307 g/mol. The van der Waals surface area contributed by atoms with Gasteiger partial charge in [0, 0.05) is 18.3 Å². The number of tetrazole rings is 1. The lowest BCUT2D eigenvalue weighted by molar-refractivity contribution is 0.0988. The molecule has 7 nitrogen and oxygen atoms in total. The van der Waals surface area contributed by atoms with Crippen molar-refractivity contribution >= 4 is 23.3 Å². The largest absolute Gasteiger partial charge is 0.355 e.